The van der Waals surface area contributed by atoms with E-state index in [0.29, 0.717) is 0 Å². The highest BCUT2D eigenvalue weighted by molar-refractivity contribution is 7.26. The van der Waals surface area contributed by atoms with E-state index in [1.54, 1.807) is 11.3 Å². The molecule has 190 valence electrons. The molecule has 0 bridgehead atoms. The van der Waals surface area contributed by atoms with Gasteiger partial charge in [-0.25, -0.2) is 4.98 Å². The predicted octanol–water partition coefficient (Wildman–Crippen LogP) is 8.89. The lowest BCUT2D eigenvalue weighted by Crippen LogP contribution is -2.21. The number of hydrogen-bond acceptors (Lipinski definition) is 6. The van der Waals surface area contributed by atoms with Crippen LogP contribution in [0, 0.1) is 0 Å². The van der Waals surface area contributed by atoms with E-state index in [1.165, 1.54) is 20.2 Å². The second-order valence-electron chi connectivity index (χ2n) is 9.54. The van der Waals surface area contributed by atoms with Crippen LogP contribution in [0.2, 0.25) is 0 Å². The van der Waals surface area contributed by atoms with E-state index in [9.17, 15) is 0 Å². The first-order chi connectivity index (χ1) is 19.2. The van der Waals surface area contributed by atoms with Gasteiger partial charge in [-0.3, -0.25) is 4.90 Å². The first-order valence-corrected chi connectivity index (χ1v) is 13.7. The van der Waals surface area contributed by atoms with E-state index >= 15 is 0 Å². The minimum Gasteiger partial charge on any atom is -0.457 e. The highest BCUT2D eigenvalue weighted by atomic mass is 32.1. The van der Waals surface area contributed by atoms with Crippen LogP contribution < -0.4 is 14.5 Å². The molecule has 7 rings (SSSR count). The average Bonchev–Trinajstić information content (AvgIpc) is 3.58. The van der Waals surface area contributed by atoms with Crippen molar-refractivity contribution in [1.29, 1.82) is 0 Å². The normalized spacial score (nSPS) is 12.9. The van der Waals surface area contributed by atoms with Crippen LogP contribution in [-0.4, -0.2) is 23.6 Å². The molecule has 0 saturated carbocycles. The molecule has 4 aromatic carbocycles. The van der Waals surface area contributed by atoms with Gasteiger partial charge in [0.2, 0.25) is 0 Å². The number of anilines is 4. The summed E-state index contributed by atoms with van der Waals surface area (Å²) in [6, 6.07) is 37.5. The lowest BCUT2D eigenvalue weighted by atomic mass is 10.1. The Morgan fingerprint density at radius 2 is 1.62 bits per heavy atom. The van der Waals surface area contributed by atoms with Gasteiger partial charge >= 0.3 is 0 Å². The van der Waals surface area contributed by atoms with Crippen LogP contribution in [0.1, 0.15) is 0 Å². The van der Waals surface area contributed by atoms with E-state index < -0.39 is 0 Å². The third kappa shape index (κ3) is 4.45. The number of aromatic nitrogens is 1. The molecule has 2 aromatic heterocycles. The van der Waals surface area contributed by atoms with Crippen LogP contribution >= 0.6 is 11.3 Å². The molecule has 0 atom stereocenters. The Balaban J connectivity index is 1.39. The summed E-state index contributed by atoms with van der Waals surface area (Å²) in [5.74, 6) is 2.43. The number of para-hydroxylation sites is 1. The van der Waals surface area contributed by atoms with Crippen molar-refractivity contribution in [2.45, 2.75) is 0 Å². The van der Waals surface area contributed by atoms with Gasteiger partial charge in [0.25, 0.3) is 0 Å². The fourth-order valence-corrected chi connectivity index (χ4v) is 6.21. The molecule has 39 heavy (non-hydrogen) atoms. The predicted molar refractivity (Wildman–Crippen MR) is 163 cm³/mol. The van der Waals surface area contributed by atoms with Gasteiger partial charge in [-0.2, -0.15) is 0 Å². The van der Waals surface area contributed by atoms with Gasteiger partial charge in [0.05, 0.1) is 17.1 Å². The molecule has 6 heteroatoms. The summed E-state index contributed by atoms with van der Waals surface area (Å²) < 4.78 is 9.02. The number of ether oxygens (including phenoxy) is 1. The number of fused-ring (bicyclic) bond motifs is 3. The monoisotopic (exact) mass is 526 g/mol. The van der Waals surface area contributed by atoms with Crippen molar-refractivity contribution in [3.05, 3.63) is 128 Å². The number of nitrogens with zero attached hydrogens (tertiary/aromatic N) is 4. The summed E-state index contributed by atoms with van der Waals surface area (Å²) in [5.41, 5.74) is 3.17. The van der Waals surface area contributed by atoms with Gasteiger partial charge < -0.3 is 14.5 Å². The standard InChI is InChI=1S/C33H26N4OS/c1-35-18-19-36(23-35)25-12-9-13-26(20-25)38-27-21-29-28-14-5-6-15-31(28)39-33(29)30(22-27)37(24-10-3-2-4-11-24)32-16-7-8-17-34-32/h2-22H,23H2,1H3. The lowest BCUT2D eigenvalue weighted by Gasteiger charge is -2.25. The van der Waals surface area contributed by atoms with Gasteiger partial charge in [-0.15, -0.1) is 11.3 Å². The molecule has 1 aliphatic rings. The first-order valence-electron chi connectivity index (χ1n) is 12.9. The number of benzene rings is 4. The molecule has 1 aliphatic heterocycles. The molecule has 0 amide bonds. The summed E-state index contributed by atoms with van der Waals surface area (Å²) in [6.45, 7) is 0.816. The summed E-state index contributed by atoms with van der Waals surface area (Å²) >= 11 is 1.80. The van der Waals surface area contributed by atoms with Gasteiger partial charge in [-0.05, 0) is 48.5 Å². The minimum absolute atomic E-state index is 0.782. The SMILES string of the molecule is CN1C=CN(c2cccc(Oc3cc(N(c4ccccc4)c4ccccn4)c4sc5ccccc5c4c3)c2)C1. The van der Waals surface area contributed by atoms with Crippen LogP contribution in [0.25, 0.3) is 20.2 Å². The van der Waals surface area contributed by atoms with E-state index in [1.807, 2.05) is 42.6 Å². The first kappa shape index (κ1) is 23.3. The minimum atomic E-state index is 0.782. The van der Waals surface area contributed by atoms with Gasteiger partial charge in [-0.1, -0.05) is 48.5 Å². The largest absolute Gasteiger partial charge is 0.457 e. The molecule has 0 fully saturated rings. The van der Waals surface area contributed by atoms with Crippen molar-refractivity contribution >= 4 is 54.4 Å². The average molecular weight is 527 g/mol. The Labute approximate surface area is 231 Å². The Hall–Kier alpha value is -4.81. The zero-order valence-electron chi connectivity index (χ0n) is 21.4. The highest BCUT2D eigenvalue weighted by Crippen LogP contribution is 2.47. The topological polar surface area (TPSA) is 31.8 Å². The Morgan fingerprint density at radius 1 is 0.769 bits per heavy atom. The van der Waals surface area contributed by atoms with Gasteiger partial charge in [0.1, 0.15) is 17.3 Å². The second kappa shape index (κ2) is 9.82. The van der Waals surface area contributed by atoms with Crippen molar-refractivity contribution in [1.82, 2.24) is 9.88 Å². The smallest absolute Gasteiger partial charge is 0.137 e. The molecule has 0 radical (unpaired) electrons. The fraction of sp³-hybridized carbons (Fsp3) is 0.0606. The maximum Gasteiger partial charge on any atom is 0.137 e. The van der Waals surface area contributed by atoms with Crippen molar-refractivity contribution in [2.75, 3.05) is 23.5 Å². The molecular formula is C33H26N4OS. The molecule has 0 unspecified atom stereocenters. The molecule has 0 N–H and O–H groups in total. The fourth-order valence-electron chi connectivity index (χ4n) is 5.02. The molecular weight excluding hydrogens is 500 g/mol. The Morgan fingerprint density at radius 3 is 2.44 bits per heavy atom. The van der Waals surface area contributed by atoms with Crippen LogP contribution in [0.15, 0.2) is 128 Å². The van der Waals surface area contributed by atoms with E-state index in [0.717, 1.165) is 41.0 Å². The molecule has 3 heterocycles. The maximum atomic E-state index is 6.59. The van der Waals surface area contributed by atoms with E-state index in [2.05, 4.69) is 107 Å². The van der Waals surface area contributed by atoms with Crippen LogP contribution in [-0.2, 0) is 0 Å². The molecule has 0 saturated heterocycles. The highest BCUT2D eigenvalue weighted by Gasteiger charge is 2.21. The van der Waals surface area contributed by atoms with Crippen molar-refractivity contribution in [3.8, 4) is 11.5 Å². The van der Waals surface area contributed by atoms with Crippen LogP contribution in [0.3, 0.4) is 0 Å². The Kier molecular flexibility index (Phi) is 5.87. The Bertz CT molecular complexity index is 1760. The van der Waals surface area contributed by atoms with Crippen molar-refractivity contribution in [3.63, 3.8) is 0 Å². The molecule has 0 aliphatic carbocycles. The third-order valence-electron chi connectivity index (χ3n) is 6.83. The molecule has 6 aromatic rings. The van der Waals surface area contributed by atoms with Gasteiger partial charge in [0, 0.05) is 64.6 Å². The molecule has 5 nitrogen and oxygen atoms in total. The van der Waals surface area contributed by atoms with Crippen molar-refractivity contribution < 1.29 is 4.74 Å². The maximum absolute atomic E-state index is 6.59. The summed E-state index contributed by atoms with van der Waals surface area (Å²) in [4.78, 5) is 11.3. The third-order valence-corrected chi connectivity index (χ3v) is 8.04. The number of thiophene rings is 1. The van der Waals surface area contributed by atoms with E-state index in [-0.39, 0.29) is 0 Å². The van der Waals surface area contributed by atoms with Crippen molar-refractivity contribution in [2.24, 2.45) is 0 Å². The second-order valence-corrected chi connectivity index (χ2v) is 10.6. The summed E-state index contributed by atoms with van der Waals surface area (Å²) in [6.07, 6.45) is 6.00. The quantitative estimate of drug-likeness (QED) is 0.216. The summed E-state index contributed by atoms with van der Waals surface area (Å²) in [7, 11) is 2.07. The number of rotatable bonds is 6. The molecule has 0 spiro atoms. The van der Waals surface area contributed by atoms with Gasteiger partial charge in [0.15, 0.2) is 0 Å². The zero-order chi connectivity index (χ0) is 26.2. The van der Waals surface area contributed by atoms with E-state index in [4.69, 9.17) is 9.72 Å². The summed E-state index contributed by atoms with van der Waals surface area (Å²) in [5, 5.41) is 2.39. The van der Waals surface area contributed by atoms with Crippen LogP contribution in [0.4, 0.5) is 22.9 Å². The van der Waals surface area contributed by atoms with Crippen LogP contribution in [0.5, 0.6) is 11.5 Å². The number of hydrogen-bond donors (Lipinski definition) is 0. The number of pyridine rings is 1. The lowest BCUT2D eigenvalue weighted by molar-refractivity contribution is 0.481. The zero-order valence-corrected chi connectivity index (χ0v) is 22.3.